The first-order valence-corrected chi connectivity index (χ1v) is 7.91. The van der Waals surface area contributed by atoms with Crippen molar-refractivity contribution in [2.24, 2.45) is 0 Å². The summed E-state index contributed by atoms with van der Waals surface area (Å²) in [6.45, 7) is 6.26. The molecule has 0 spiro atoms. The van der Waals surface area contributed by atoms with Crippen LogP contribution in [0.25, 0.3) is 11.0 Å². The molecule has 126 valence electrons. The minimum absolute atomic E-state index is 0.145. The van der Waals surface area contributed by atoms with Crippen LogP contribution in [-0.4, -0.2) is 15.1 Å². The number of aliphatic hydroxyl groups is 1. The van der Waals surface area contributed by atoms with Gasteiger partial charge >= 0.3 is 0 Å². The second-order valence-electron chi connectivity index (χ2n) is 5.48. The van der Waals surface area contributed by atoms with Crippen molar-refractivity contribution in [2.75, 3.05) is 0 Å². The molecule has 0 saturated carbocycles. The monoisotopic (exact) mass is 327 g/mol. The highest BCUT2D eigenvalue weighted by Gasteiger charge is 2.07. The molecule has 1 aromatic carbocycles. The molecule has 0 aliphatic heterocycles. The third-order valence-corrected chi connectivity index (χ3v) is 3.72. The summed E-state index contributed by atoms with van der Waals surface area (Å²) >= 11 is 0. The van der Waals surface area contributed by atoms with Gasteiger partial charge in [0.15, 0.2) is 5.82 Å². The van der Waals surface area contributed by atoms with E-state index in [4.69, 9.17) is 0 Å². The molecule has 0 atom stereocenters. The van der Waals surface area contributed by atoms with Crippen molar-refractivity contribution in [3.63, 3.8) is 0 Å². The summed E-state index contributed by atoms with van der Waals surface area (Å²) < 4.78 is 14.0. The summed E-state index contributed by atoms with van der Waals surface area (Å²) in [6, 6.07) is 3.22. The first-order valence-electron chi connectivity index (χ1n) is 7.91. The van der Waals surface area contributed by atoms with E-state index >= 15 is 0 Å². The Bertz CT molecular complexity index is 809. The van der Waals surface area contributed by atoms with Crippen molar-refractivity contribution in [1.82, 2.24) is 15.3 Å². The largest absolute Gasteiger partial charge is 0.506 e. The topological polar surface area (TPSA) is 58.0 Å². The normalized spacial score (nSPS) is 13.4. The number of hydrogen-bond acceptors (Lipinski definition) is 4. The average molecular weight is 327 g/mol. The summed E-state index contributed by atoms with van der Waals surface area (Å²) in [6.07, 6.45) is 9.25. The molecule has 2 aromatic rings. The third-order valence-electron chi connectivity index (χ3n) is 3.72. The van der Waals surface area contributed by atoms with E-state index in [0.29, 0.717) is 17.8 Å². The van der Waals surface area contributed by atoms with Gasteiger partial charge in [-0.2, -0.15) is 0 Å². The molecule has 1 heterocycles. The maximum absolute atomic E-state index is 14.0. The lowest BCUT2D eigenvalue weighted by molar-refractivity contribution is 0.413. The van der Waals surface area contributed by atoms with Crippen LogP contribution in [0.15, 0.2) is 59.8 Å². The molecule has 0 aliphatic carbocycles. The zero-order chi connectivity index (χ0) is 17.5. The molecule has 0 aliphatic rings. The lowest BCUT2D eigenvalue weighted by atomic mass is 10.1. The number of nitrogens with zero attached hydrogens (tertiary/aromatic N) is 2. The van der Waals surface area contributed by atoms with Crippen LogP contribution < -0.4 is 5.32 Å². The predicted octanol–water partition coefficient (Wildman–Crippen LogP) is 4.56. The Hall–Kier alpha value is -2.69. The molecule has 1 aromatic heterocycles. The van der Waals surface area contributed by atoms with Crippen molar-refractivity contribution >= 4 is 11.0 Å². The van der Waals surface area contributed by atoms with Crippen LogP contribution >= 0.6 is 0 Å². The molecule has 5 heteroatoms. The van der Waals surface area contributed by atoms with E-state index in [0.717, 1.165) is 12.0 Å². The van der Waals surface area contributed by atoms with Gasteiger partial charge in [0.2, 0.25) is 0 Å². The number of halogens is 1. The lowest BCUT2D eigenvalue weighted by Gasteiger charge is -2.11. The maximum Gasteiger partial charge on any atom is 0.151 e. The van der Waals surface area contributed by atoms with Gasteiger partial charge < -0.3 is 10.4 Å². The number of aromatic nitrogens is 2. The fourth-order valence-electron chi connectivity index (χ4n) is 2.16. The zero-order valence-electron chi connectivity index (χ0n) is 14.2. The fourth-order valence-corrected chi connectivity index (χ4v) is 2.16. The molecule has 0 saturated heterocycles. The van der Waals surface area contributed by atoms with Gasteiger partial charge in [0.05, 0.1) is 11.2 Å². The predicted molar refractivity (Wildman–Crippen MR) is 94.9 cm³/mol. The molecule has 0 bridgehead atoms. The van der Waals surface area contributed by atoms with Gasteiger partial charge in [-0.3, -0.25) is 4.98 Å². The Balaban J connectivity index is 2.14. The average Bonchev–Trinajstić information content (AvgIpc) is 2.60. The van der Waals surface area contributed by atoms with Crippen LogP contribution in [0, 0.1) is 5.82 Å². The van der Waals surface area contributed by atoms with Gasteiger partial charge in [-0.15, -0.1) is 0 Å². The Morgan fingerprint density at radius 2 is 2.00 bits per heavy atom. The molecule has 4 nitrogen and oxygen atoms in total. The van der Waals surface area contributed by atoms with Crippen LogP contribution in [0.1, 0.15) is 32.8 Å². The minimum atomic E-state index is -0.402. The highest BCUT2D eigenvalue weighted by molar-refractivity contribution is 5.75. The smallest absolute Gasteiger partial charge is 0.151 e. The fraction of sp³-hybridized carbons (Fsp3) is 0.263. The highest BCUT2D eigenvalue weighted by atomic mass is 19.1. The number of allylic oxidation sites excluding steroid dienone is 4. The second-order valence-corrected chi connectivity index (χ2v) is 5.48. The van der Waals surface area contributed by atoms with E-state index < -0.39 is 5.82 Å². The van der Waals surface area contributed by atoms with Gasteiger partial charge in [-0.05, 0) is 44.0 Å². The number of hydrogen-bond donors (Lipinski definition) is 2. The summed E-state index contributed by atoms with van der Waals surface area (Å²) in [5.74, 6) is -0.257. The van der Waals surface area contributed by atoms with Crippen LogP contribution in [0.5, 0.6) is 0 Å². The maximum atomic E-state index is 14.0. The molecule has 0 radical (unpaired) electrons. The second kappa shape index (κ2) is 8.24. The molecule has 24 heavy (non-hydrogen) atoms. The van der Waals surface area contributed by atoms with Crippen molar-refractivity contribution in [1.29, 1.82) is 0 Å². The third kappa shape index (κ3) is 4.41. The molecule has 0 fully saturated rings. The number of rotatable bonds is 6. The van der Waals surface area contributed by atoms with Gasteiger partial charge in [0, 0.05) is 18.9 Å². The molecule has 2 N–H and O–H groups in total. The molecule has 0 unspecified atom stereocenters. The number of nitrogens with one attached hydrogen (secondary N) is 1. The number of fused-ring (bicyclic) bond motifs is 1. The highest BCUT2D eigenvalue weighted by Crippen LogP contribution is 2.16. The van der Waals surface area contributed by atoms with Gasteiger partial charge in [-0.1, -0.05) is 24.6 Å². The molecular formula is C19H22FN3O. The number of benzene rings is 1. The van der Waals surface area contributed by atoms with Crippen molar-refractivity contribution < 1.29 is 9.50 Å². The first-order chi connectivity index (χ1) is 11.5. The summed E-state index contributed by atoms with van der Waals surface area (Å²) in [7, 11) is 0. The van der Waals surface area contributed by atoms with E-state index in [9.17, 15) is 9.50 Å². The Morgan fingerprint density at radius 3 is 2.71 bits per heavy atom. The van der Waals surface area contributed by atoms with Gasteiger partial charge in [-0.25, -0.2) is 9.37 Å². The minimum Gasteiger partial charge on any atom is -0.506 e. The lowest BCUT2D eigenvalue weighted by Crippen LogP contribution is -2.14. The quantitative estimate of drug-likeness (QED) is 0.603. The summed E-state index contributed by atoms with van der Waals surface area (Å²) in [5, 5.41) is 13.3. The van der Waals surface area contributed by atoms with Crippen LogP contribution in [0.4, 0.5) is 4.39 Å². The number of aliphatic hydroxyl groups excluding tert-OH is 1. The Kier molecular flexibility index (Phi) is 6.07. The van der Waals surface area contributed by atoms with Crippen LogP contribution in [0.3, 0.4) is 0 Å². The van der Waals surface area contributed by atoms with E-state index in [-0.39, 0.29) is 11.3 Å². The van der Waals surface area contributed by atoms with Crippen molar-refractivity contribution in [2.45, 2.75) is 33.7 Å². The molecule has 0 amide bonds. The van der Waals surface area contributed by atoms with E-state index in [1.54, 1.807) is 18.2 Å². The van der Waals surface area contributed by atoms with E-state index in [1.165, 1.54) is 24.0 Å². The summed E-state index contributed by atoms with van der Waals surface area (Å²) in [5.41, 5.74) is 3.27. The zero-order valence-corrected chi connectivity index (χ0v) is 14.2. The Labute approximate surface area is 141 Å². The van der Waals surface area contributed by atoms with Crippen molar-refractivity contribution in [3.8, 4) is 0 Å². The standard InChI is InChI=1S/C19H22FN3O/c1-4-13(3)6-7-18(24)16(5-2)23-12-14-10-15(20)19-17(11-14)21-8-9-22-19/h5-11,23-24H,4,12H2,1-3H3/b13-6+,16-5+,18-7+. The van der Waals surface area contributed by atoms with Crippen molar-refractivity contribution in [3.05, 3.63) is 71.2 Å². The van der Waals surface area contributed by atoms with Gasteiger partial charge in [0.1, 0.15) is 11.3 Å². The van der Waals surface area contributed by atoms with Gasteiger partial charge in [0.25, 0.3) is 0 Å². The summed E-state index contributed by atoms with van der Waals surface area (Å²) in [4.78, 5) is 8.12. The first kappa shape index (κ1) is 17.7. The van der Waals surface area contributed by atoms with E-state index in [2.05, 4.69) is 22.2 Å². The van der Waals surface area contributed by atoms with E-state index in [1.807, 2.05) is 19.9 Å². The van der Waals surface area contributed by atoms with Crippen LogP contribution in [-0.2, 0) is 6.54 Å². The molecule has 2 rings (SSSR count). The Morgan fingerprint density at radius 1 is 1.25 bits per heavy atom. The SMILES string of the molecule is C\C=C(NCc1cc(F)c2nccnc2c1)/C(O)=C\C=C(/C)CC. The molecular weight excluding hydrogens is 305 g/mol. The van der Waals surface area contributed by atoms with Crippen LogP contribution in [0.2, 0.25) is 0 Å².